The van der Waals surface area contributed by atoms with Gasteiger partial charge in [-0.1, -0.05) is 84.0 Å². The number of oxime groups is 1. The summed E-state index contributed by atoms with van der Waals surface area (Å²) in [6.45, 7) is 6.78. The zero-order chi connectivity index (χ0) is 34.9. The molecule has 1 aliphatic heterocycles. The van der Waals surface area contributed by atoms with Gasteiger partial charge in [-0.05, 0) is 73.7 Å². The number of aryl methyl sites for hydroxylation is 1. The molecule has 1 aromatic heterocycles. The van der Waals surface area contributed by atoms with Crippen LogP contribution in [0.3, 0.4) is 0 Å². The third-order valence-corrected chi connectivity index (χ3v) is 8.82. The lowest BCUT2D eigenvalue weighted by Gasteiger charge is -2.20. The van der Waals surface area contributed by atoms with Crippen molar-refractivity contribution in [3.05, 3.63) is 126 Å². The van der Waals surface area contributed by atoms with E-state index in [1.807, 2.05) is 72.8 Å². The SMILES string of the molecule is CCN(CC)c1ccc(-c2nc(-c3ccc(C4=NOC(C(=O)O)C4)cc3)c(-c3ccc(/C=C/C(=O)NCCCc4ccccc4)cc3)[nH]2)cc1. The van der Waals surface area contributed by atoms with Crippen LogP contribution in [0.4, 0.5) is 5.69 Å². The maximum atomic E-state index is 12.4. The number of hydrogen-bond acceptors (Lipinski definition) is 6. The van der Waals surface area contributed by atoms with Crippen LogP contribution < -0.4 is 10.2 Å². The third kappa shape index (κ3) is 8.18. The molecule has 50 heavy (non-hydrogen) atoms. The summed E-state index contributed by atoms with van der Waals surface area (Å²) < 4.78 is 0. The zero-order valence-corrected chi connectivity index (χ0v) is 28.3. The summed E-state index contributed by atoms with van der Waals surface area (Å²) in [7, 11) is 0. The number of benzene rings is 4. The van der Waals surface area contributed by atoms with E-state index in [0.29, 0.717) is 12.3 Å². The van der Waals surface area contributed by atoms with Gasteiger partial charge >= 0.3 is 5.97 Å². The first-order chi connectivity index (χ1) is 24.4. The first kappa shape index (κ1) is 33.9. The number of aliphatic carboxylic acids is 1. The fourth-order valence-corrected chi connectivity index (χ4v) is 5.99. The molecular weight excluding hydrogens is 626 g/mol. The van der Waals surface area contributed by atoms with E-state index >= 15 is 0 Å². The van der Waals surface area contributed by atoms with E-state index in [0.717, 1.165) is 76.6 Å². The standard InChI is InChI=1S/C41H41N5O4/c1-3-46(4-2)34-23-21-33(22-24-34)40-43-38(39(44-40)32-19-17-30(18-20-32)35-27-36(41(48)49)50-45-35)31-15-12-29(13-16-31)14-25-37(47)42-26-8-11-28-9-6-5-7-10-28/h5-7,9-10,12-25,36H,3-4,8,11,26-27H2,1-2H3,(H,42,47)(H,43,44)(H,48,49)/b25-14+. The van der Waals surface area contributed by atoms with Crippen molar-refractivity contribution >= 4 is 29.4 Å². The Hall–Kier alpha value is -5.96. The predicted octanol–water partition coefficient (Wildman–Crippen LogP) is 7.60. The number of H-pyrrole nitrogens is 1. The number of aromatic amines is 1. The molecule has 0 saturated carbocycles. The zero-order valence-electron chi connectivity index (χ0n) is 28.3. The lowest BCUT2D eigenvalue weighted by molar-refractivity contribution is -0.148. The number of anilines is 1. The van der Waals surface area contributed by atoms with Crippen LogP contribution in [0.2, 0.25) is 0 Å². The molecule has 9 nitrogen and oxygen atoms in total. The Bertz CT molecular complexity index is 1960. The summed E-state index contributed by atoms with van der Waals surface area (Å²) in [5, 5.41) is 16.2. The fourth-order valence-electron chi connectivity index (χ4n) is 5.99. The second-order valence-electron chi connectivity index (χ2n) is 12.1. The largest absolute Gasteiger partial charge is 0.478 e. The van der Waals surface area contributed by atoms with Crippen molar-refractivity contribution in [1.82, 2.24) is 15.3 Å². The lowest BCUT2D eigenvalue weighted by atomic mass is 10.00. The van der Waals surface area contributed by atoms with Crippen LogP contribution in [0.15, 0.2) is 114 Å². The van der Waals surface area contributed by atoms with Gasteiger partial charge in [0.05, 0.1) is 17.1 Å². The molecule has 0 bridgehead atoms. The smallest absolute Gasteiger partial charge is 0.348 e. The van der Waals surface area contributed by atoms with Gasteiger partial charge in [0.15, 0.2) is 0 Å². The monoisotopic (exact) mass is 667 g/mol. The highest BCUT2D eigenvalue weighted by molar-refractivity contribution is 6.03. The molecule has 5 aromatic rings. The Morgan fingerprint density at radius 1 is 0.880 bits per heavy atom. The average Bonchev–Trinajstić information content (AvgIpc) is 3.84. The molecule has 2 heterocycles. The Labute approximate surface area is 292 Å². The van der Waals surface area contributed by atoms with Gasteiger partial charge in [-0.15, -0.1) is 0 Å². The van der Waals surface area contributed by atoms with Crippen LogP contribution in [0.1, 0.15) is 43.4 Å². The first-order valence-electron chi connectivity index (χ1n) is 17.0. The molecule has 1 unspecified atom stereocenters. The van der Waals surface area contributed by atoms with E-state index in [4.69, 9.17) is 9.82 Å². The highest BCUT2D eigenvalue weighted by Gasteiger charge is 2.28. The molecular formula is C41H41N5O4. The number of carbonyl (C=O) groups is 2. The van der Waals surface area contributed by atoms with Crippen molar-refractivity contribution in [2.75, 3.05) is 24.5 Å². The van der Waals surface area contributed by atoms with Crippen LogP contribution in [0.5, 0.6) is 0 Å². The van der Waals surface area contributed by atoms with Gasteiger partial charge in [0.1, 0.15) is 5.82 Å². The van der Waals surface area contributed by atoms with Gasteiger partial charge in [-0.25, -0.2) is 9.78 Å². The topological polar surface area (TPSA) is 120 Å². The maximum absolute atomic E-state index is 12.4. The van der Waals surface area contributed by atoms with Crippen molar-refractivity contribution in [3.63, 3.8) is 0 Å². The van der Waals surface area contributed by atoms with E-state index in [1.165, 1.54) is 5.56 Å². The lowest BCUT2D eigenvalue weighted by Crippen LogP contribution is -2.22. The summed E-state index contributed by atoms with van der Waals surface area (Å²) >= 11 is 0. The molecule has 1 atom stereocenters. The van der Waals surface area contributed by atoms with Gasteiger partial charge in [0.25, 0.3) is 0 Å². The van der Waals surface area contributed by atoms with Crippen molar-refractivity contribution in [2.24, 2.45) is 5.16 Å². The minimum atomic E-state index is -1.03. The first-order valence-corrected chi connectivity index (χ1v) is 17.0. The van der Waals surface area contributed by atoms with E-state index in [1.54, 1.807) is 6.08 Å². The fraction of sp³-hybridized carbons (Fsp3) is 0.220. The van der Waals surface area contributed by atoms with Crippen LogP contribution >= 0.6 is 0 Å². The van der Waals surface area contributed by atoms with Crippen LogP contribution in [0, 0.1) is 0 Å². The van der Waals surface area contributed by atoms with E-state index < -0.39 is 12.1 Å². The Kier molecular flexibility index (Phi) is 10.8. The van der Waals surface area contributed by atoms with E-state index in [2.05, 4.69) is 70.6 Å². The number of nitrogens with one attached hydrogen (secondary N) is 2. The number of imidazole rings is 1. The van der Waals surface area contributed by atoms with Crippen molar-refractivity contribution in [2.45, 2.75) is 39.2 Å². The molecule has 6 rings (SSSR count). The second-order valence-corrected chi connectivity index (χ2v) is 12.1. The predicted molar refractivity (Wildman–Crippen MR) is 199 cm³/mol. The Balaban J connectivity index is 1.20. The summed E-state index contributed by atoms with van der Waals surface area (Å²) in [5.74, 6) is -0.402. The van der Waals surface area contributed by atoms with Gasteiger partial charge in [0, 0.05) is 54.5 Å². The molecule has 1 aliphatic rings. The highest BCUT2D eigenvalue weighted by Crippen LogP contribution is 2.34. The number of carbonyl (C=O) groups excluding carboxylic acids is 1. The number of carboxylic acid groups (broad SMARTS) is 1. The number of hydrogen-bond donors (Lipinski definition) is 3. The molecule has 254 valence electrons. The molecule has 1 amide bonds. The summed E-state index contributed by atoms with van der Waals surface area (Å²) in [6, 6.07) is 34.4. The number of aromatic nitrogens is 2. The maximum Gasteiger partial charge on any atom is 0.348 e. The van der Waals surface area contributed by atoms with Crippen molar-refractivity contribution in [1.29, 1.82) is 0 Å². The van der Waals surface area contributed by atoms with Crippen molar-refractivity contribution < 1.29 is 19.5 Å². The Morgan fingerprint density at radius 3 is 2.20 bits per heavy atom. The van der Waals surface area contributed by atoms with Crippen LogP contribution in [-0.4, -0.2) is 58.4 Å². The van der Waals surface area contributed by atoms with Gasteiger partial charge < -0.3 is 25.1 Å². The van der Waals surface area contributed by atoms with Gasteiger partial charge in [-0.3, -0.25) is 4.79 Å². The summed E-state index contributed by atoms with van der Waals surface area (Å²) in [6.07, 6.45) is 4.44. The Morgan fingerprint density at radius 2 is 1.54 bits per heavy atom. The number of amides is 1. The quantitative estimate of drug-likeness (QED) is 0.0829. The molecule has 0 spiro atoms. The molecule has 0 saturated heterocycles. The molecule has 9 heteroatoms. The second kappa shape index (κ2) is 16.0. The molecule has 3 N–H and O–H groups in total. The molecule has 0 aliphatic carbocycles. The minimum Gasteiger partial charge on any atom is -0.478 e. The summed E-state index contributed by atoms with van der Waals surface area (Å²) in [5.41, 5.74) is 9.20. The van der Waals surface area contributed by atoms with Crippen LogP contribution in [0.25, 0.3) is 40.0 Å². The third-order valence-electron chi connectivity index (χ3n) is 8.82. The van der Waals surface area contributed by atoms with Crippen molar-refractivity contribution in [3.8, 4) is 33.9 Å². The van der Waals surface area contributed by atoms with E-state index in [9.17, 15) is 14.7 Å². The summed E-state index contributed by atoms with van der Waals surface area (Å²) in [4.78, 5) is 39.8. The van der Waals surface area contributed by atoms with Gasteiger partial charge in [-0.2, -0.15) is 0 Å². The molecule has 0 radical (unpaired) electrons. The van der Waals surface area contributed by atoms with Crippen LogP contribution in [-0.2, 0) is 20.8 Å². The van der Waals surface area contributed by atoms with E-state index in [-0.39, 0.29) is 12.3 Å². The molecule has 0 fully saturated rings. The molecule has 4 aromatic carbocycles. The highest BCUT2D eigenvalue weighted by atomic mass is 16.7. The number of rotatable bonds is 14. The normalized spacial score (nSPS) is 14.0. The number of nitrogens with zero attached hydrogens (tertiary/aromatic N) is 3. The average molecular weight is 668 g/mol. The van der Waals surface area contributed by atoms with Gasteiger partial charge in [0.2, 0.25) is 12.0 Å². The minimum absolute atomic E-state index is 0.119. The number of carboxylic acids is 1.